The summed E-state index contributed by atoms with van der Waals surface area (Å²) in [5.74, 6) is 0. The standard InChI is InChI=1S/C29H58O4/c1-3-5-7-9-11-13-15-17-19-21-23-25-27-31-29(30)33-32-28-26-24-22-20-18-16-14-12-10-8-6-4-2/h3-28H2,1-2H3. The van der Waals surface area contributed by atoms with Gasteiger partial charge in [0.1, 0.15) is 0 Å². The van der Waals surface area contributed by atoms with Gasteiger partial charge in [-0.05, 0) is 12.8 Å². The van der Waals surface area contributed by atoms with Gasteiger partial charge in [-0.25, -0.2) is 4.79 Å². The molecule has 0 unspecified atom stereocenters. The zero-order valence-corrected chi connectivity index (χ0v) is 22.5. The summed E-state index contributed by atoms with van der Waals surface area (Å²) < 4.78 is 5.06. The monoisotopic (exact) mass is 470 g/mol. The van der Waals surface area contributed by atoms with Crippen LogP contribution >= 0.6 is 0 Å². The molecule has 0 aliphatic rings. The van der Waals surface area contributed by atoms with Crippen LogP contribution in [0, 0.1) is 0 Å². The molecule has 0 radical (unpaired) electrons. The number of hydrogen-bond acceptors (Lipinski definition) is 4. The van der Waals surface area contributed by atoms with Crippen LogP contribution in [0.1, 0.15) is 168 Å². The van der Waals surface area contributed by atoms with Crippen molar-refractivity contribution in [2.75, 3.05) is 13.2 Å². The lowest BCUT2D eigenvalue weighted by Crippen LogP contribution is -2.09. The fourth-order valence-electron chi connectivity index (χ4n) is 4.21. The lowest BCUT2D eigenvalue weighted by molar-refractivity contribution is -0.255. The van der Waals surface area contributed by atoms with Gasteiger partial charge in [0.15, 0.2) is 0 Å². The van der Waals surface area contributed by atoms with Gasteiger partial charge in [0.05, 0.1) is 13.2 Å². The molecule has 4 heteroatoms. The Morgan fingerprint density at radius 3 is 1.09 bits per heavy atom. The molecule has 0 N–H and O–H groups in total. The van der Waals surface area contributed by atoms with Crippen molar-refractivity contribution in [2.24, 2.45) is 0 Å². The maximum atomic E-state index is 11.5. The van der Waals surface area contributed by atoms with Gasteiger partial charge in [-0.1, -0.05) is 155 Å². The SMILES string of the molecule is CCCCCCCCCCCCCCOOC(=O)OCCCCCCCCCCCCCC. The predicted molar refractivity (Wildman–Crippen MR) is 141 cm³/mol. The van der Waals surface area contributed by atoms with Crippen LogP contribution in [0.3, 0.4) is 0 Å². The minimum Gasteiger partial charge on any atom is -0.432 e. The highest BCUT2D eigenvalue weighted by atomic mass is 17.2. The molecular weight excluding hydrogens is 412 g/mol. The smallest absolute Gasteiger partial charge is 0.432 e. The minimum atomic E-state index is -0.697. The molecule has 0 heterocycles. The summed E-state index contributed by atoms with van der Waals surface area (Å²) in [6, 6.07) is 0. The van der Waals surface area contributed by atoms with Crippen molar-refractivity contribution >= 4 is 6.16 Å². The van der Waals surface area contributed by atoms with Crippen LogP contribution < -0.4 is 0 Å². The second kappa shape index (κ2) is 29.3. The maximum absolute atomic E-state index is 11.5. The third-order valence-electron chi connectivity index (χ3n) is 6.43. The van der Waals surface area contributed by atoms with E-state index in [4.69, 9.17) is 9.62 Å². The predicted octanol–water partition coefficient (Wildman–Crippen LogP) is 10.5. The van der Waals surface area contributed by atoms with Gasteiger partial charge in [-0.15, -0.1) is 0 Å². The number of carbonyl (C=O) groups is 1. The van der Waals surface area contributed by atoms with Gasteiger partial charge < -0.3 is 4.74 Å². The highest BCUT2D eigenvalue weighted by Crippen LogP contribution is 2.13. The van der Waals surface area contributed by atoms with Crippen LogP contribution in [0.25, 0.3) is 0 Å². The van der Waals surface area contributed by atoms with Crippen LogP contribution in [0.5, 0.6) is 0 Å². The molecule has 0 saturated heterocycles. The second-order valence-corrected chi connectivity index (χ2v) is 9.78. The first-order chi connectivity index (χ1) is 16.3. The molecule has 0 spiro atoms. The molecule has 33 heavy (non-hydrogen) atoms. The van der Waals surface area contributed by atoms with Gasteiger partial charge in [0, 0.05) is 0 Å². The van der Waals surface area contributed by atoms with E-state index in [0.717, 1.165) is 25.7 Å². The van der Waals surface area contributed by atoms with Crippen molar-refractivity contribution < 1.29 is 19.3 Å². The topological polar surface area (TPSA) is 44.8 Å². The minimum absolute atomic E-state index is 0.429. The molecule has 198 valence electrons. The Hall–Kier alpha value is -0.770. The number of ether oxygens (including phenoxy) is 1. The Bertz CT molecular complexity index is 373. The molecule has 0 atom stereocenters. The molecule has 0 fully saturated rings. The third kappa shape index (κ3) is 29.2. The first kappa shape index (κ1) is 32.2. The molecular formula is C29H58O4. The fourth-order valence-corrected chi connectivity index (χ4v) is 4.21. The summed E-state index contributed by atoms with van der Waals surface area (Å²) in [4.78, 5) is 21.2. The molecule has 0 saturated carbocycles. The Kier molecular flexibility index (Phi) is 28.6. The summed E-state index contributed by atoms with van der Waals surface area (Å²) in [5.41, 5.74) is 0. The van der Waals surface area contributed by atoms with E-state index in [9.17, 15) is 4.79 Å². The van der Waals surface area contributed by atoms with Crippen molar-refractivity contribution in [3.05, 3.63) is 0 Å². The molecule has 0 rings (SSSR count). The van der Waals surface area contributed by atoms with Crippen LogP contribution in [0.4, 0.5) is 4.79 Å². The summed E-state index contributed by atoms with van der Waals surface area (Å²) in [6.45, 7) is 5.43. The first-order valence-electron chi connectivity index (χ1n) is 14.8. The highest BCUT2D eigenvalue weighted by molar-refractivity contribution is 5.58. The molecule has 0 aliphatic heterocycles. The first-order valence-corrected chi connectivity index (χ1v) is 14.8. The number of hydrogen-bond donors (Lipinski definition) is 0. The van der Waals surface area contributed by atoms with Gasteiger partial charge >= 0.3 is 6.16 Å². The summed E-state index contributed by atoms with van der Waals surface area (Å²) in [5, 5.41) is 0. The molecule has 0 aliphatic carbocycles. The molecule has 0 amide bonds. The lowest BCUT2D eigenvalue weighted by Gasteiger charge is -2.06. The lowest BCUT2D eigenvalue weighted by atomic mass is 10.1. The number of rotatable bonds is 27. The summed E-state index contributed by atoms with van der Waals surface area (Å²) >= 11 is 0. The summed E-state index contributed by atoms with van der Waals surface area (Å²) in [7, 11) is 0. The average molecular weight is 471 g/mol. The number of unbranched alkanes of at least 4 members (excludes halogenated alkanes) is 22. The van der Waals surface area contributed by atoms with E-state index in [2.05, 4.69) is 18.7 Å². The van der Waals surface area contributed by atoms with Crippen LogP contribution in [0.2, 0.25) is 0 Å². The quantitative estimate of drug-likeness (QED) is 0.0518. The molecule has 0 aromatic carbocycles. The second-order valence-electron chi connectivity index (χ2n) is 9.78. The zero-order valence-electron chi connectivity index (χ0n) is 22.5. The van der Waals surface area contributed by atoms with Crippen molar-refractivity contribution in [3.8, 4) is 0 Å². The fraction of sp³-hybridized carbons (Fsp3) is 0.966. The molecule has 4 nitrogen and oxygen atoms in total. The van der Waals surface area contributed by atoms with E-state index < -0.39 is 6.16 Å². The van der Waals surface area contributed by atoms with Gasteiger partial charge in [0.2, 0.25) is 0 Å². The van der Waals surface area contributed by atoms with E-state index in [0.29, 0.717) is 13.2 Å². The molecule has 0 aromatic heterocycles. The Balaban J connectivity index is 3.14. The van der Waals surface area contributed by atoms with Crippen molar-refractivity contribution in [3.63, 3.8) is 0 Å². The molecule has 0 aromatic rings. The van der Waals surface area contributed by atoms with E-state index in [1.54, 1.807) is 0 Å². The van der Waals surface area contributed by atoms with E-state index in [-0.39, 0.29) is 0 Å². The van der Waals surface area contributed by atoms with Crippen molar-refractivity contribution in [1.82, 2.24) is 0 Å². The highest BCUT2D eigenvalue weighted by Gasteiger charge is 2.04. The molecule has 0 bridgehead atoms. The van der Waals surface area contributed by atoms with Gasteiger partial charge in [0.25, 0.3) is 0 Å². The third-order valence-corrected chi connectivity index (χ3v) is 6.43. The van der Waals surface area contributed by atoms with Gasteiger partial charge in [-0.3, -0.25) is 4.89 Å². The number of carbonyl (C=O) groups excluding carboxylic acids is 1. The summed E-state index contributed by atoms with van der Waals surface area (Å²) in [6.07, 6.45) is 30.5. The van der Waals surface area contributed by atoms with Crippen molar-refractivity contribution in [2.45, 2.75) is 168 Å². The Labute approximate surface area is 206 Å². The van der Waals surface area contributed by atoms with E-state index >= 15 is 0 Å². The van der Waals surface area contributed by atoms with E-state index in [1.165, 1.54) is 128 Å². The normalized spacial score (nSPS) is 11.1. The van der Waals surface area contributed by atoms with Crippen molar-refractivity contribution in [1.29, 1.82) is 0 Å². The van der Waals surface area contributed by atoms with E-state index in [1.807, 2.05) is 0 Å². The zero-order chi connectivity index (χ0) is 24.1. The average Bonchev–Trinajstić information content (AvgIpc) is 2.82. The van der Waals surface area contributed by atoms with Gasteiger partial charge in [-0.2, -0.15) is 4.89 Å². The van der Waals surface area contributed by atoms with Crippen LogP contribution in [-0.4, -0.2) is 19.4 Å². The largest absolute Gasteiger partial charge is 0.540 e. The Morgan fingerprint density at radius 1 is 0.424 bits per heavy atom. The van der Waals surface area contributed by atoms with Crippen LogP contribution in [-0.2, 0) is 14.5 Å². The maximum Gasteiger partial charge on any atom is 0.540 e. The van der Waals surface area contributed by atoms with Crippen LogP contribution in [0.15, 0.2) is 0 Å². The Morgan fingerprint density at radius 2 is 0.727 bits per heavy atom.